The number of rotatable bonds is 2. The molecule has 7 aliphatic carbocycles. The monoisotopic (exact) mass is 338 g/mol. The normalized spacial score (nSPS) is 58.4. The molecule has 0 bridgehead atoms. The van der Waals surface area contributed by atoms with E-state index in [1.807, 2.05) is 0 Å². The van der Waals surface area contributed by atoms with Gasteiger partial charge in [0.25, 0.3) is 0 Å². The number of carbonyl (C=O) groups is 2. The second-order valence-corrected chi connectivity index (χ2v) is 10.1. The van der Waals surface area contributed by atoms with Crippen molar-refractivity contribution in [2.45, 2.75) is 39.0 Å². The quantitative estimate of drug-likeness (QED) is 0.726. The first-order valence-corrected chi connectivity index (χ1v) is 10.6. The lowest BCUT2D eigenvalue weighted by Crippen LogP contribution is -2.30. The van der Waals surface area contributed by atoms with Gasteiger partial charge in [0, 0.05) is 18.8 Å². The van der Waals surface area contributed by atoms with Gasteiger partial charge in [-0.05, 0) is 84.5 Å². The van der Waals surface area contributed by atoms with Crippen LogP contribution in [0, 0.1) is 65.1 Å². The van der Waals surface area contributed by atoms with E-state index in [1.165, 1.54) is 31.3 Å². The maximum atomic E-state index is 13.3. The molecule has 0 aliphatic heterocycles. The molecule has 0 aromatic rings. The van der Waals surface area contributed by atoms with Crippen molar-refractivity contribution in [2.75, 3.05) is 6.61 Å². The zero-order valence-electron chi connectivity index (χ0n) is 14.8. The summed E-state index contributed by atoms with van der Waals surface area (Å²) in [6, 6.07) is 0. The molecule has 25 heavy (non-hydrogen) atoms. The second-order valence-electron chi connectivity index (χ2n) is 10.1. The molecule has 0 heterocycles. The SMILES string of the molecule is CC(=O)OC[C@@H]1[C@@H]2[C@H]3CCC[C@H]3[C@H]3[C@H]4C(=O)C5=C6[C@H]4[C@@H]([C@H]23)[C@H]1[C@@H]6CC5. The molecule has 0 saturated heterocycles. The van der Waals surface area contributed by atoms with E-state index >= 15 is 0 Å². The van der Waals surface area contributed by atoms with Gasteiger partial charge in [0.15, 0.2) is 5.78 Å². The van der Waals surface area contributed by atoms with E-state index in [0.29, 0.717) is 47.9 Å². The van der Waals surface area contributed by atoms with Gasteiger partial charge in [-0.25, -0.2) is 0 Å². The molecular weight excluding hydrogens is 312 g/mol. The Morgan fingerprint density at radius 2 is 1.80 bits per heavy atom. The van der Waals surface area contributed by atoms with E-state index < -0.39 is 0 Å². The van der Waals surface area contributed by atoms with Crippen molar-refractivity contribution in [3.05, 3.63) is 11.1 Å². The molecule has 0 unspecified atom stereocenters. The molecule has 3 heteroatoms. The Hall–Kier alpha value is -1.12. The Labute approximate surface area is 148 Å². The predicted molar refractivity (Wildman–Crippen MR) is 90.1 cm³/mol. The molecule has 5 fully saturated rings. The Balaban J connectivity index is 1.40. The Kier molecular flexibility index (Phi) is 2.37. The van der Waals surface area contributed by atoms with Crippen molar-refractivity contribution in [1.82, 2.24) is 0 Å². The number of fused-ring (bicyclic) bond motifs is 5. The zero-order chi connectivity index (χ0) is 16.6. The zero-order valence-corrected chi connectivity index (χ0v) is 14.8. The van der Waals surface area contributed by atoms with Crippen molar-refractivity contribution in [1.29, 1.82) is 0 Å². The second kappa shape index (κ2) is 4.23. The van der Waals surface area contributed by atoms with E-state index in [-0.39, 0.29) is 5.97 Å². The number of esters is 1. The fourth-order valence-electron chi connectivity index (χ4n) is 10.1. The van der Waals surface area contributed by atoms with Gasteiger partial charge in [0.05, 0.1) is 6.61 Å². The lowest BCUT2D eigenvalue weighted by molar-refractivity contribution is -0.143. The molecular formula is C22H26O3. The van der Waals surface area contributed by atoms with Gasteiger partial charge in [0.2, 0.25) is 0 Å². The van der Waals surface area contributed by atoms with Gasteiger partial charge < -0.3 is 4.74 Å². The lowest BCUT2D eigenvalue weighted by atomic mass is 9.75. The summed E-state index contributed by atoms with van der Waals surface area (Å²) in [7, 11) is 0. The summed E-state index contributed by atoms with van der Waals surface area (Å²) in [5, 5.41) is 0. The average Bonchev–Trinajstić information content (AvgIpc) is 3.33. The first-order valence-electron chi connectivity index (χ1n) is 10.6. The third-order valence-corrected chi connectivity index (χ3v) is 9.95. The number of ether oxygens (including phenoxy) is 1. The number of ketones is 1. The number of Topliss-reactive ketones (excluding diaryl/α,β-unsaturated/α-hetero) is 1. The van der Waals surface area contributed by atoms with Crippen molar-refractivity contribution in [3.8, 4) is 0 Å². The molecule has 0 spiro atoms. The minimum Gasteiger partial charge on any atom is -0.466 e. The summed E-state index contributed by atoms with van der Waals surface area (Å²) < 4.78 is 5.63. The van der Waals surface area contributed by atoms with Crippen LogP contribution < -0.4 is 0 Å². The van der Waals surface area contributed by atoms with E-state index in [9.17, 15) is 9.59 Å². The summed E-state index contributed by atoms with van der Waals surface area (Å²) in [5.41, 5.74) is 2.90. The van der Waals surface area contributed by atoms with Crippen molar-refractivity contribution >= 4 is 11.8 Å². The molecule has 0 aromatic carbocycles. The van der Waals surface area contributed by atoms with Crippen LogP contribution >= 0.6 is 0 Å². The van der Waals surface area contributed by atoms with E-state index in [0.717, 1.165) is 36.0 Å². The summed E-state index contributed by atoms with van der Waals surface area (Å²) in [4.78, 5) is 24.8. The van der Waals surface area contributed by atoms with Gasteiger partial charge in [-0.1, -0.05) is 12.0 Å². The molecule has 0 amide bonds. The van der Waals surface area contributed by atoms with Crippen LogP contribution in [-0.2, 0) is 14.3 Å². The topological polar surface area (TPSA) is 43.4 Å². The van der Waals surface area contributed by atoms with Crippen LogP contribution in [0.3, 0.4) is 0 Å². The van der Waals surface area contributed by atoms with Gasteiger partial charge in [0.1, 0.15) is 0 Å². The largest absolute Gasteiger partial charge is 0.466 e. The summed E-state index contributed by atoms with van der Waals surface area (Å²) in [6.07, 6.45) is 6.32. The Morgan fingerprint density at radius 3 is 2.60 bits per heavy atom. The van der Waals surface area contributed by atoms with Crippen LogP contribution in [-0.4, -0.2) is 18.4 Å². The first-order chi connectivity index (χ1) is 12.2. The number of hydrogen-bond donors (Lipinski definition) is 0. The van der Waals surface area contributed by atoms with Crippen LogP contribution in [0.4, 0.5) is 0 Å². The van der Waals surface area contributed by atoms with Crippen LogP contribution in [0.15, 0.2) is 11.1 Å². The minimum atomic E-state index is -0.118. The van der Waals surface area contributed by atoms with E-state index in [1.54, 1.807) is 12.5 Å². The molecule has 5 saturated carbocycles. The fraction of sp³-hybridized carbons (Fsp3) is 0.818. The van der Waals surface area contributed by atoms with Crippen LogP contribution in [0.5, 0.6) is 0 Å². The summed E-state index contributed by atoms with van der Waals surface area (Å²) in [6.45, 7) is 2.21. The summed E-state index contributed by atoms with van der Waals surface area (Å²) >= 11 is 0. The van der Waals surface area contributed by atoms with Gasteiger partial charge >= 0.3 is 5.97 Å². The highest BCUT2D eigenvalue weighted by Gasteiger charge is 2.78. The minimum absolute atomic E-state index is 0.118. The predicted octanol–water partition coefficient (Wildman–Crippen LogP) is 3.24. The average molecular weight is 338 g/mol. The molecule has 0 aromatic heterocycles. The standard InChI is InChI=1S/C22H26O3/c1-8(23)25-7-13-14-9-3-2-4-10(9)17-18(14)19-16(13)11-5-6-12-15(11)20(19)21(17)22(12)24/h9-11,13-14,16-21H,2-7H2,1H3/t9-,10+,11+,13+,14-,16-,17+,18+,19+,20-,21+/m0/s1. The molecule has 7 aliphatic rings. The molecule has 7 rings (SSSR count). The Morgan fingerprint density at radius 1 is 1.00 bits per heavy atom. The highest BCUT2D eigenvalue weighted by Crippen LogP contribution is 2.81. The van der Waals surface area contributed by atoms with Gasteiger partial charge in [-0.3, -0.25) is 9.59 Å². The van der Waals surface area contributed by atoms with Gasteiger partial charge in [-0.15, -0.1) is 0 Å². The number of carbonyl (C=O) groups excluding carboxylic acids is 2. The molecule has 3 nitrogen and oxygen atoms in total. The maximum Gasteiger partial charge on any atom is 0.302 e. The lowest BCUT2D eigenvalue weighted by Gasteiger charge is -2.31. The van der Waals surface area contributed by atoms with E-state index in [2.05, 4.69) is 0 Å². The van der Waals surface area contributed by atoms with Crippen molar-refractivity contribution < 1.29 is 14.3 Å². The van der Waals surface area contributed by atoms with Crippen LogP contribution in [0.1, 0.15) is 39.0 Å². The third kappa shape index (κ3) is 1.32. The summed E-state index contributed by atoms with van der Waals surface area (Å²) in [5.74, 6) is 7.98. The van der Waals surface area contributed by atoms with E-state index in [4.69, 9.17) is 4.74 Å². The smallest absolute Gasteiger partial charge is 0.302 e. The molecule has 132 valence electrons. The number of allylic oxidation sites excluding steroid dienone is 2. The van der Waals surface area contributed by atoms with Crippen LogP contribution in [0.2, 0.25) is 0 Å². The molecule has 0 radical (unpaired) electrons. The van der Waals surface area contributed by atoms with Crippen molar-refractivity contribution in [3.63, 3.8) is 0 Å². The molecule has 0 N–H and O–H groups in total. The highest BCUT2D eigenvalue weighted by atomic mass is 16.5. The third-order valence-electron chi connectivity index (χ3n) is 9.95. The molecule has 11 atom stereocenters. The van der Waals surface area contributed by atoms with Gasteiger partial charge in [-0.2, -0.15) is 0 Å². The maximum absolute atomic E-state index is 13.3. The fourth-order valence-corrected chi connectivity index (χ4v) is 10.1. The van der Waals surface area contributed by atoms with Crippen LogP contribution in [0.25, 0.3) is 0 Å². The number of hydrogen-bond acceptors (Lipinski definition) is 3. The Bertz CT molecular complexity index is 750. The van der Waals surface area contributed by atoms with Crippen molar-refractivity contribution in [2.24, 2.45) is 65.1 Å². The highest BCUT2D eigenvalue weighted by molar-refractivity contribution is 6.03. The first kappa shape index (κ1) is 14.0.